The van der Waals surface area contributed by atoms with Gasteiger partial charge in [0, 0.05) is 6.61 Å². The molecule has 0 bridgehead atoms. The van der Waals surface area contributed by atoms with Crippen LogP contribution in [-0.4, -0.2) is 31.9 Å². The summed E-state index contributed by atoms with van der Waals surface area (Å²) in [5.41, 5.74) is 12.2. The molecule has 0 aromatic rings. The maximum atomic E-state index is 6.30. The molecule has 0 rings (SSSR count). The number of rotatable bonds is 17. The monoisotopic (exact) mass is 370 g/mol. The number of unbranched alkanes of at least 4 members (excludes halogenated alkanes) is 2. The van der Waals surface area contributed by atoms with E-state index in [9.17, 15) is 0 Å². The number of hydrogen-bond donors (Lipinski definition) is 2. The molecule has 0 radical (unpaired) electrons. The molecule has 4 atom stereocenters. The molecule has 4 N–H and O–H groups in total. The van der Waals surface area contributed by atoms with Crippen molar-refractivity contribution in [1.82, 2.24) is 0 Å². The van der Waals surface area contributed by atoms with E-state index in [1.807, 2.05) is 13.0 Å². The highest BCUT2D eigenvalue weighted by Crippen LogP contribution is 2.16. The Labute approximate surface area is 163 Å². The lowest BCUT2D eigenvalue weighted by Gasteiger charge is -2.23. The van der Waals surface area contributed by atoms with Gasteiger partial charge >= 0.3 is 0 Å². The zero-order valence-corrected chi connectivity index (χ0v) is 18.1. The second kappa shape index (κ2) is 16.6. The van der Waals surface area contributed by atoms with Crippen molar-refractivity contribution >= 4 is 0 Å². The first-order valence-electron chi connectivity index (χ1n) is 10.9. The number of ether oxygens (including phenoxy) is 2. The van der Waals surface area contributed by atoms with Crippen molar-refractivity contribution in [2.75, 3.05) is 19.8 Å². The quantitative estimate of drug-likeness (QED) is 0.353. The Balaban J connectivity index is 4.42. The molecular weight excluding hydrogens is 324 g/mol. The predicted molar refractivity (Wildman–Crippen MR) is 113 cm³/mol. The summed E-state index contributed by atoms with van der Waals surface area (Å²) in [5.74, 6) is 2.02. The second-order valence-electron chi connectivity index (χ2n) is 7.60. The van der Waals surface area contributed by atoms with Crippen molar-refractivity contribution in [3.05, 3.63) is 11.8 Å². The van der Waals surface area contributed by atoms with E-state index in [4.69, 9.17) is 20.9 Å². The van der Waals surface area contributed by atoms with E-state index in [-0.39, 0.29) is 12.1 Å². The molecule has 26 heavy (non-hydrogen) atoms. The van der Waals surface area contributed by atoms with Crippen molar-refractivity contribution in [2.45, 2.75) is 98.1 Å². The van der Waals surface area contributed by atoms with Gasteiger partial charge in [0.15, 0.2) is 0 Å². The lowest BCUT2D eigenvalue weighted by molar-refractivity contribution is 0.0290. The van der Waals surface area contributed by atoms with Gasteiger partial charge in [-0.1, -0.05) is 66.2 Å². The third-order valence-electron chi connectivity index (χ3n) is 5.31. The van der Waals surface area contributed by atoms with Crippen molar-refractivity contribution in [1.29, 1.82) is 0 Å². The van der Waals surface area contributed by atoms with Gasteiger partial charge in [0.05, 0.1) is 25.3 Å². The molecule has 4 heteroatoms. The van der Waals surface area contributed by atoms with Gasteiger partial charge in [0.2, 0.25) is 0 Å². The Morgan fingerprint density at radius 3 is 1.92 bits per heavy atom. The molecule has 0 saturated carbocycles. The van der Waals surface area contributed by atoms with E-state index in [1.54, 1.807) is 0 Å². The van der Waals surface area contributed by atoms with E-state index >= 15 is 0 Å². The third kappa shape index (κ3) is 11.9. The highest BCUT2D eigenvalue weighted by molar-refractivity contribution is 5.03. The van der Waals surface area contributed by atoms with Crippen LogP contribution in [0, 0.1) is 11.8 Å². The topological polar surface area (TPSA) is 70.5 Å². The van der Waals surface area contributed by atoms with Gasteiger partial charge in [0.1, 0.15) is 5.76 Å². The highest BCUT2D eigenvalue weighted by Gasteiger charge is 2.16. The van der Waals surface area contributed by atoms with Gasteiger partial charge in [-0.15, -0.1) is 0 Å². The summed E-state index contributed by atoms with van der Waals surface area (Å²) < 4.78 is 12.0. The fraction of sp³-hybridized carbons (Fsp3) is 0.909. The zero-order valence-electron chi connectivity index (χ0n) is 18.1. The van der Waals surface area contributed by atoms with Crippen LogP contribution < -0.4 is 11.5 Å². The predicted octanol–water partition coefficient (Wildman–Crippen LogP) is 5.01. The maximum absolute atomic E-state index is 6.30. The standard InChI is InChI=1S/C22H46N2O2/c1-6-10-12-19(8-3)16-25-18(5)22(24)14-21(15-23)26-17-20(9-4)13-11-7-2/h14,18-20,22H,6-13,15-17,23-24H2,1-5H3/b21-14+/t18?,19?,20?,22-/m0/s1. The first-order valence-corrected chi connectivity index (χ1v) is 10.9. The number of nitrogens with two attached hydrogens (primary N) is 2. The van der Waals surface area contributed by atoms with Crippen LogP contribution in [0.4, 0.5) is 0 Å². The molecule has 0 aliphatic heterocycles. The van der Waals surface area contributed by atoms with Gasteiger partial charge in [-0.3, -0.25) is 0 Å². The average Bonchev–Trinajstić information content (AvgIpc) is 2.66. The lowest BCUT2D eigenvalue weighted by atomic mass is 10.0. The van der Waals surface area contributed by atoms with Crippen LogP contribution in [0.3, 0.4) is 0 Å². The summed E-state index contributed by atoms with van der Waals surface area (Å²) in [6, 6.07) is -0.187. The van der Waals surface area contributed by atoms with E-state index < -0.39 is 0 Å². The van der Waals surface area contributed by atoms with Crippen molar-refractivity contribution in [3.8, 4) is 0 Å². The van der Waals surface area contributed by atoms with Crippen LogP contribution in [0.1, 0.15) is 86.0 Å². The highest BCUT2D eigenvalue weighted by atomic mass is 16.5. The van der Waals surface area contributed by atoms with Crippen LogP contribution in [0.25, 0.3) is 0 Å². The fourth-order valence-corrected chi connectivity index (χ4v) is 2.95. The van der Waals surface area contributed by atoms with E-state index in [0.717, 1.165) is 31.8 Å². The van der Waals surface area contributed by atoms with E-state index in [1.165, 1.54) is 38.5 Å². The van der Waals surface area contributed by atoms with Gasteiger partial charge in [-0.05, 0) is 37.7 Å². The summed E-state index contributed by atoms with van der Waals surface area (Å²) in [5, 5.41) is 0. The molecule has 0 aliphatic carbocycles. The van der Waals surface area contributed by atoms with Crippen LogP contribution >= 0.6 is 0 Å². The van der Waals surface area contributed by atoms with Gasteiger partial charge < -0.3 is 20.9 Å². The first-order chi connectivity index (χ1) is 12.5. The summed E-state index contributed by atoms with van der Waals surface area (Å²) >= 11 is 0. The van der Waals surface area contributed by atoms with E-state index in [0.29, 0.717) is 18.4 Å². The normalized spacial score (nSPS) is 17.0. The molecule has 4 nitrogen and oxygen atoms in total. The Hall–Kier alpha value is -0.580. The Kier molecular flexibility index (Phi) is 16.2. The van der Waals surface area contributed by atoms with Crippen molar-refractivity contribution in [2.24, 2.45) is 23.3 Å². The molecule has 3 unspecified atom stereocenters. The minimum Gasteiger partial charge on any atom is -0.497 e. The molecule has 156 valence electrons. The molecule has 0 saturated heterocycles. The molecule has 0 aromatic heterocycles. The molecule has 0 fully saturated rings. The van der Waals surface area contributed by atoms with Gasteiger partial charge in [-0.25, -0.2) is 0 Å². The largest absolute Gasteiger partial charge is 0.497 e. The molecule has 0 heterocycles. The van der Waals surface area contributed by atoms with Crippen molar-refractivity contribution in [3.63, 3.8) is 0 Å². The molecule has 0 aromatic carbocycles. The molecule has 0 aliphatic rings. The van der Waals surface area contributed by atoms with Gasteiger partial charge in [0.25, 0.3) is 0 Å². The smallest absolute Gasteiger partial charge is 0.107 e. The first kappa shape index (κ1) is 25.4. The van der Waals surface area contributed by atoms with Crippen LogP contribution in [0.15, 0.2) is 11.8 Å². The Morgan fingerprint density at radius 2 is 1.46 bits per heavy atom. The van der Waals surface area contributed by atoms with E-state index in [2.05, 4.69) is 27.7 Å². The maximum Gasteiger partial charge on any atom is 0.107 e. The molecular formula is C22H46N2O2. The van der Waals surface area contributed by atoms with Gasteiger partial charge in [-0.2, -0.15) is 0 Å². The van der Waals surface area contributed by atoms with Crippen LogP contribution in [0.5, 0.6) is 0 Å². The second-order valence-corrected chi connectivity index (χ2v) is 7.60. The lowest BCUT2D eigenvalue weighted by Crippen LogP contribution is -2.35. The molecule has 0 amide bonds. The summed E-state index contributed by atoms with van der Waals surface area (Å²) in [4.78, 5) is 0. The summed E-state index contributed by atoms with van der Waals surface area (Å²) in [6.07, 6.45) is 11.7. The minimum absolute atomic E-state index is 0.0297. The third-order valence-corrected chi connectivity index (χ3v) is 5.31. The minimum atomic E-state index is -0.187. The zero-order chi connectivity index (χ0) is 19.8. The Morgan fingerprint density at radius 1 is 0.923 bits per heavy atom. The number of hydrogen-bond acceptors (Lipinski definition) is 4. The Bertz CT molecular complexity index is 347. The summed E-state index contributed by atoms with van der Waals surface area (Å²) in [6.45, 7) is 12.9. The van der Waals surface area contributed by atoms with Crippen LogP contribution in [0.2, 0.25) is 0 Å². The van der Waals surface area contributed by atoms with Crippen LogP contribution in [-0.2, 0) is 9.47 Å². The fourth-order valence-electron chi connectivity index (χ4n) is 2.95. The molecule has 0 spiro atoms. The average molecular weight is 371 g/mol. The van der Waals surface area contributed by atoms with Crippen molar-refractivity contribution < 1.29 is 9.47 Å². The summed E-state index contributed by atoms with van der Waals surface area (Å²) in [7, 11) is 0. The SMILES string of the molecule is CCCCC(CC)CO/C(=C/[C@H](N)C(C)OCC(CC)CCCC)CN.